The van der Waals surface area contributed by atoms with Crippen molar-refractivity contribution in [3.63, 3.8) is 0 Å². The minimum Gasteiger partial charge on any atom is -0.392 e. The highest BCUT2D eigenvalue weighted by molar-refractivity contribution is 9.11. The van der Waals surface area contributed by atoms with E-state index in [9.17, 15) is 5.11 Å². The van der Waals surface area contributed by atoms with Crippen LogP contribution in [0.1, 0.15) is 39.0 Å². The molecule has 1 aliphatic rings. The highest BCUT2D eigenvalue weighted by Crippen LogP contribution is 2.23. The molecule has 0 spiro atoms. The lowest BCUT2D eigenvalue weighted by atomic mass is 9.94. The molecule has 1 saturated carbocycles. The average Bonchev–Trinajstić information content (AvgIpc) is 2.17. The fraction of sp³-hybridized carbons (Fsp3) is 0.833. The standard InChI is InChI=1S/C12H22BrNO/c1-10(13)8-14(9-11(2)15)12-6-4-3-5-7-12/h11-12,15H,1,3-9H2,2H3. The van der Waals surface area contributed by atoms with Gasteiger partial charge in [0.2, 0.25) is 0 Å². The Balaban J connectivity index is 2.48. The maximum atomic E-state index is 9.48. The molecule has 1 atom stereocenters. The van der Waals surface area contributed by atoms with Gasteiger partial charge in [0.15, 0.2) is 0 Å². The third kappa shape index (κ3) is 5.14. The van der Waals surface area contributed by atoms with Crippen LogP contribution >= 0.6 is 15.9 Å². The van der Waals surface area contributed by atoms with Crippen LogP contribution in [0.5, 0.6) is 0 Å². The Bertz CT molecular complexity index is 200. The van der Waals surface area contributed by atoms with Gasteiger partial charge in [-0.15, -0.1) is 0 Å². The lowest BCUT2D eigenvalue weighted by Gasteiger charge is -2.34. The summed E-state index contributed by atoms with van der Waals surface area (Å²) >= 11 is 3.41. The first-order chi connectivity index (χ1) is 7.09. The average molecular weight is 276 g/mol. The predicted molar refractivity (Wildman–Crippen MR) is 68.2 cm³/mol. The van der Waals surface area contributed by atoms with Crippen LogP contribution in [0.4, 0.5) is 0 Å². The molecule has 0 bridgehead atoms. The Morgan fingerprint density at radius 2 is 2.07 bits per heavy atom. The van der Waals surface area contributed by atoms with Crippen molar-refractivity contribution in [2.45, 2.75) is 51.2 Å². The first-order valence-electron chi connectivity index (χ1n) is 5.85. The smallest absolute Gasteiger partial charge is 0.0639 e. The summed E-state index contributed by atoms with van der Waals surface area (Å²) in [5, 5.41) is 9.48. The maximum Gasteiger partial charge on any atom is 0.0639 e. The third-order valence-electron chi connectivity index (χ3n) is 2.96. The molecule has 88 valence electrons. The Kier molecular flexibility index (Phi) is 5.87. The van der Waals surface area contributed by atoms with Crippen LogP contribution in [-0.2, 0) is 0 Å². The number of hydrogen-bond donors (Lipinski definition) is 1. The quantitative estimate of drug-likeness (QED) is 0.834. The largest absolute Gasteiger partial charge is 0.392 e. The molecular formula is C12H22BrNO. The highest BCUT2D eigenvalue weighted by atomic mass is 79.9. The van der Waals surface area contributed by atoms with E-state index in [1.807, 2.05) is 6.92 Å². The van der Waals surface area contributed by atoms with Crippen LogP contribution < -0.4 is 0 Å². The van der Waals surface area contributed by atoms with Crippen molar-refractivity contribution in [3.05, 3.63) is 11.1 Å². The third-order valence-corrected chi connectivity index (χ3v) is 3.22. The number of aliphatic hydroxyl groups is 1. The van der Waals surface area contributed by atoms with Gasteiger partial charge in [0.05, 0.1) is 6.10 Å². The van der Waals surface area contributed by atoms with Gasteiger partial charge in [-0.25, -0.2) is 0 Å². The van der Waals surface area contributed by atoms with Gasteiger partial charge in [0.1, 0.15) is 0 Å². The Morgan fingerprint density at radius 3 is 2.53 bits per heavy atom. The zero-order chi connectivity index (χ0) is 11.3. The van der Waals surface area contributed by atoms with Crippen molar-refractivity contribution in [2.24, 2.45) is 0 Å². The fourth-order valence-electron chi connectivity index (χ4n) is 2.35. The van der Waals surface area contributed by atoms with E-state index < -0.39 is 0 Å². The van der Waals surface area contributed by atoms with E-state index in [0.717, 1.165) is 17.6 Å². The number of rotatable bonds is 5. The second-order valence-electron chi connectivity index (χ2n) is 4.59. The van der Waals surface area contributed by atoms with Crippen molar-refractivity contribution in [2.75, 3.05) is 13.1 Å². The van der Waals surface area contributed by atoms with E-state index in [-0.39, 0.29) is 6.10 Å². The van der Waals surface area contributed by atoms with Gasteiger partial charge in [-0.05, 0) is 19.8 Å². The first-order valence-corrected chi connectivity index (χ1v) is 6.64. The van der Waals surface area contributed by atoms with E-state index in [4.69, 9.17) is 0 Å². The van der Waals surface area contributed by atoms with E-state index in [1.165, 1.54) is 32.1 Å². The first kappa shape index (κ1) is 13.2. The molecule has 3 heteroatoms. The Hall–Kier alpha value is 0.140. The van der Waals surface area contributed by atoms with E-state index in [2.05, 4.69) is 27.4 Å². The maximum absolute atomic E-state index is 9.48. The van der Waals surface area contributed by atoms with E-state index >= 15 is 0 Å². The number of nitrogens with zero attached hydrogens (tertiary/aromatic N) is 1. The molecule has 0 aromatic heterocycles. The van der Waals surface area contributed by atoms with Crippen LogP contribution in [0.25, 0.3) is 0 Å². The van der Waals surface area contributed by atoms with Crippen molar-refractivity contribution >= 4 is 15.9 Å². The molecular weight excluding hydrogens is 254 g/mol. The SMILES string of the molecule is C=C(Br)CN(CC(C)O)C1CCCCC1. The zero-order valence-electron chi connectivity index (χ0n) is 9.58. The molecule has 0 aliphatic heterocycles. The monoisotopic (exact) mass is 275 g/mol. The summed E-state index contributed by atoms with van der Waals surface area (Å²) in [6.45, 7) is 7.36. The van der Waals surface area contributed by atoms with Gasteiger partial charge in [-0.3, -0.25) is 4.90 Å². The van der Waals surface area contributed by atoms with Crippen molar-refractivity contribution < 1.29 is 5.11 Å². The molecule has 0 aromatic rings. The van der Waals surface area contributed by atoms with Crippen molar-refractivity contribution in [3.8, 4) is 0 Å². The predicted octanol–water partition coefficient (Wildman–Crippen LogP) is 2.91. The van der Waals surface area contributed by atoms with Crippen molar-refractivity contribution in [1.29, 1.82) is 0 Å². The van der Waals surface area contributed by atoms with Gasteiger partial charge >= 0.3 is 0 Å². The fourth-order valence-corrected chi connectivity index (χ4v) is 2.67. The molecule has 0 aromatic carbocycles. The second-order valence-corrected chi connectivity index (χ2v) is 5.71. The lowest BCUT2D eigenvalue weighted by Crippen LogP contribution is -2.41. The normalized spacial score (nSPS) is 20.5. The van der Waals surface area contributed by atoms with Gasteiger partial charge in [0, 0.05) is 23.6 Å². The number of halogens is 1. The van der Waals surface area contributed by atoms with Crippen molar-refractivity contribution in [1.82, 2.24) is 4.90 Å². The summed E-state index contributed by atoms with van der Waals surface area (Å²) in [4.78, 5) is 2.36. The molecule has 0 saturated heterocycles. The van der Waals surface area contributed by atoms with E-state index in [1.54, 1.807) is 0 Å². The topological polar surface area (TPSA) is 23.5 Å². The summed E-state index contributed by atoms with van der Waals surface area (Å²) in [6.07, 6.45) is 6.32. The highest BCUT2D eigenvalue weighted by Gasteiger charge is 2.21. The summed E-state index contributed by atoms with van der Waals surface area (Å²) in [5.41, 5.74) is 0. The molecule has 1 N–H and O–H groups in total. The summed E-state index contributed by atoms with van der Waals surface area (Å²) in [7, 11) is 0. The van der Waals surface area contributed by atoms with Crippen LogP contribution in [0, 0.1) is 0 Å². The van der Waals surface area contributed by atoms with Gasteiger partial charge in [0.25, 0.3) is 0 Å². The molecule has 1 unspecified atom stereocenters. The van der Waals surface area contributed by atoms with Crippen LogP contribution in [0.2, 0.25) is 0 Å². The lowest BCUT2D eigenvalue weighted by molar-refractivity contribution is 0.0911. The molecule has 2 nitrogen and oxygen atoms in total. The summed E-state index contributed by atoms with van der Waals surface area (Å²) in [5.74, 6) is 0. The van der Waals surface area contributed by atoms with E-state index in [0.29, 0.717) is 6.04 Å². The van der Waals surface area contributed by atoms with Gasteiger partial charge < -0.3 is 5.11 Å². The van der Waals surface area contributed by atoms with Crippen LogP contribution in [0.15, 0.2) is 11.1 Å². The Morgan fingerprint density at radius 1 is 1.47 bits per heavy atom. The summed E-state index contributed by atoms with van der Waals surface area (Å²) in [6, 6.07) is 0.641. The molecule has 0 heterocycles. The molecule has 1 fully saturated rings. The van der Waals surface area contributed by atoms with Crippen LogP contribution in [-0.4, -0.2) is 35.2 Å². The molecule has 0 amide bonds. The summed E-state index contributed by atoms with van der Waals surface area (Å²) < 4.78 is 1.01. The Labute approximate surface area is 101 Å². The number of aliphatic hydroxyl groups excluding tert-OH is 1. The molecule has 1 rings (SSSR count). The number of hydrogen-bond acceptors (Lipinski definition) is 2. The molecule has 1 aliphatic carbocycles. The van der Waals surface area contributed by atoms with Crippen LogP contribution in [0.3, 0.4) is 0 Å². The second kappa shape index (κ2) is 6.66. The van der Waals surface area contributed by atoms with Gasteiger partial charge in [-0.1, -0.05) is 41.8 Å². The minimum absolute atomic E-state index is 0.251. The zero-order valence-corrected chi connectivity index (χ0v) is 11.2. The molecule has 15 heavy (non-hydrogen) atoms. The minimum atomic E-state index is -0.251. The molecule has 0 radical (unpaired) electrons. The van der Waals surface area contributed by atoms with Gasteiger partial charge in [-0.2, -0.15) is 0 Å².